The third-order valence-corrected chi connectivity index (χ3v) is 4.90. The highest BCUT2D eigenvalue weighted by molar-refractivity contribution is 9.10. The van der Waals surface area contributed by atoms with Gasteiger partial charge in [0.25, 0.3) is 0 Å². The molecule has 0 N–H and O–H groups in total. The van der Waals surface area contributed by atoms with Crippen LogP contribution in [0.4, 0.5) is 0 Å². The lowest BCUT2D eigenvalue weighted by atomic mass is 10.2. The third-order valence-electron chi connectivity index (χ3n) is 2.58. The first-order valence-corrected chi connectivity index (χ1v) is 8.04. The van der Waals surface area contributed by atoms with E-state index in [0.29, 0.717) is 13.1 Å². The predicted molar refractivity (Wildman–Crippen MR) is 77.9 cm³/mol. The van der Waals surface area contributed by atoms with Crippen molar-refractivity contribution in [3.63, 3.8) is 0 Å². The van der Waals surface area contributed by atoms with Gasteiger partial charge in [0, 0.05) is 24.6 Å². The quantitative estimate of drug-likeness (QED) is 0.796. The Morgan fingerprint density at radius 3 is 2.39 bits per heavy atom. The highest BCUT2D eigenvalue weighted by Crippen LogP contribution is 2.15. The maximum absolute atomic E-state index is 12.1. The summed E-state index contributed by atoms with van der Waals surface area (Å²) >= 11 is 3.34. The summed E-state index contributed by atoms with van der Waals surface area (Å²) in [7, 11) is 2.23. The van der Waals surface area contributed by atoms with Crippen LogP contribution in [0.5, 0.6) is 0 Å². The SMILES string of the molecule is CN(C)CCN(C)S(=O)(=O)Cc1cccc(Br)c1. The second-order valence-corrected chi connectivity index (χ2v) is 7.50. The fraction of sp³-hybridized carbons (Fsp3) is 0.500. The summed E-state index contributed by atoms with van der Waals surface area (Å²) in [5.74, 6) is 0.0381. The second kappa shape index (κ2) is 6.65. The Balaban J connectivity index is 2.69. The van der Waals surface area contributed by atoms with Gasteiger partial charge < -0.3 is 4.90 Å². The smallest absolute Gasteiger partial charge is 0.218 e. The average molecular weight is 335 g/mol. The first-order valence-electron chi connectivity index (χ1n) is 5.64. The molecular weight excluding hydrogens is 316 g/mol. The van der Waals surface area contributed by atoms with Gasteiger partial charge >= 0.3 is 0 Å². The third kappa shape index (κ3) is 5.06. The summed E-state index contributed by atoms with van der Waals surface area (Å²) < 4.78 is 26.5. The molecule has 0 aliphatic heterocycles. The van der Waals surface area contributed by atoms with E-state index in [-0.39, 0.29) is 5.75 Å². The van der Waals surface area contributed by atoms with Crippen molar-refractivity contribution in [3.05, 3.63) is 34.3 Å². The molecule has 18 heavy (non-hydrogen) atoms. The molecule has 1 aromatic carbocycles. The molecule has 0 fully saturated rings. The van der Waals surface area contributed by atoms with E-state index in [1.807, 2.05) is 43.3 Å². The average Bonchev–Trinajstić information content (AvgIpc) is 2.25. The Labute approximate surface area is 118 Å². The number of halogens is 1. The minimum absolute atomic E-state index is 0.0381. The summed E-state index contributed by atoms with van der Waals surface area (Å²) in [5.41, 5.74) is 0.793. The van der Waals surface area contributed by atoms with Crippen molar-refractivity contribution in [2.45, 2.75) is 5.75 Å². The summed E-state index contributed by atoms with van der Waals surface area (Å²) in [6.45, 7) is 1.22. The Morgan fingerprint density at radius 2 is 1.83 bits per heavy atom. The monoisotopic (exact) mass is 334 g/mol. The van der Waals surface area contributed by atoms with E-state index in [1.165, 1.54) is 4.31 Å². The van der Waals surface area contributed by atoms with E-state index < -0.39 is 10.0 Å². The minimum Gasteiger partial charge on any atom is -0.308 e. The molecule has 0 spiro atoms. The molecule has 1 aromatic rings. The van der Waals surface area contributed by atoms with Gasteiger partial charge in [-0.2, -0.15) is 0 Å². The molecule has 6 heteroatoms. The number of rotatable bonds is 6. The van der Waals surface area contributed by atoms with Crippen LogP contribution < -0.4 is 0 Å². The Bertz CT molecular complexity index is 489. The maximum atomic E-state index is 12.1. The molecule has 0 aromatic heterocycles. The van der Waals surface area contributed by atoms with Crippen LogP contribution >= 0.6 is 15.9 Å². The Morgan fingerprint density at radius 1 is 1.17 bits per heavy atom. The second-order valence-electron chi connectivity index (χ2n) is 4.51. The normalized spacial score (nSPS) is 12.3. The molecular formula is C12H19BrN2O2S. The molecule has 0 radical (unpaired) electrons. The van der Waals surface area contributed by atoms with Crippen LogP contribution in [-0.4, -0.2) is 51.9 Å². The Kier molecular flexibility index (Phi) is 5.78. The summed E-state index contributed by atoms with van der Waals surface area (Å²) in [5, 5.41) is 0. The molecule has 0 amide bonds. The number of likely N-dealkylation sites (N-methyl/N-ethyl adjacent to an activating group) is 2. The lowest BCUT2D eigenvalue weighted by Crippen LogP contribution is -2.34. The number of sulfonamides is 1. The Hall–Kier alpha value is -0.430. The number of hydrogen-bond donors (Lipinski definition) is 0. The lowest BCUT2D eigenvalue weighted by Gasteiger charge is -2.19. The molecule has 0 heterocycles. The highest BCUT2D eigenvalue weighted by atomic mass is 79.9. The van der Waals surface area contributed by atoms with E-state index in [0.717, 1.165) is 10.0 Å². The van der Waals surface area contributed by atoms with Crippen LogP contribution in [0.1, 0.15) is 5.56 Å². The fourth-order valence-electron chi connectivity index (χ4n) is 1.43. The molecule has 0 unspecified atom stereocenters. The van der Waals surface area contributed by atoms with Crippen molar-refractivity contribution in [2.24, 2.45) is 0 Å². The van der Waals surface area contributed by atoms with Gasteiger partial charge in [-0.25, -0.2) is 12.7 Å². The summed E-state index contributed by atoms with van der Waals surface area (Å²) in [6.07, 6.45) is 0. The van der Waals surface area contributed by atoms with E-state index in [9.17, 15) is 8.42 Å². The van der Waals surface area contributed by atoms with Gasteiger partial charge in [0.05, 0.1) is 5.75 Å². The van der Waals surface area contributed by atoms with Gasteiger partial charge in [-0.3, -0.25) is 0 Å². The minimum atomic E-state index is -3.24. The van der Waals surface area contributed by atoms with Crippen LogP contribution in [0.2, 0.25) is 0 Å². The van der Waals surface area contributed by atoms with Crippen LogP contribution in [0.15, 0.2) is 28.7 Å². The summed E-state index contributed by atoms with van der Waals surface area (Å²) in [4.78, 5) is 1.96. The first-order chi connectivity index (χ1) is 8.31. The zero-order valence-electron chi connectivity index (χ0n) is 10.9. The molecule has 0 saturated carbocycles. The van der Waals surface area contributed by atoms with E-state index in [1.54, 1.807) is 7.05 Å². The zero-order valence-corrected chi connectivity index (χ0v) is 13.3. The standard InChI is InChI=1S/C12H19BrN2O2S/c1-14(2)7-8-15(3)18(16,17)10-11-5-4-6-12(13)9-11/h4-6,9H,7-8,10H2,1-3H3. The number of nitrogens with zero attached hydrogens (tertiary/aromatic N) is 2. The van der Waals surface area contributed by atoms with Crippen molar-refractivity contribution in [3.8, 4) is 0 Å². The molecule has 0 bridgehead atoms. The number of hydrogen-bond acceptors (Lipinski definition) is 3. The number of benzene rings is 1. The van der Waals surface area contributed by atoms with E-state index in [2.05, 4.69) is 15.9 Å². The largest absolute Gasteiger partial charge is 0.308 e. The zero-order chi connectivity index (χ0) is 13.8. The molecule has 102 valence electrons. The predicted octanol–water partition coefficient (Wildman–Crippen LogP) is 1.77. The van der Waals surface area contributed by atoms with Gasteiger partial charge in [0.2, 0.25) is 10.0 Å². The van der Waals surface area contributed by atoms with Crippen LogP contribution in [0, 0.1) is 0 Å². The van der Waals surface area contributed by atoms with Crippen molar-refractivity contribution < 1.29 is 8.42 Å². The topological polar surface area (TPSA) is 40.6 Å². The van der Waals surface area contributed by atoms with Crippen molar-refractivity contribution in [1.29, 1.82) is 0 Å². The van der Waals surface area contributed by atoms with Crippen molar-refractivity contribution in [1.82, 2.24) is 9.21 Å². The molecule has 0 aliphatic carbocycles. The van der Waals surface area contributed by atoms with E-state index in [4.69, 9.17) is 0 Å². The molecule has 0 saturated heterocycles. The first kappa shape index (κ1) is 15.6. The van der Waals surface area contributed by atoms with Gasteiger partial charge in [-0.15, -0.1) is 0 Å². The molecule has 1 rings (SSSR count). The van der Waals surface area contributed by atoms with Gasteiger partial charge in [0.15, 0.2) is 0 Å². The van der Waals surface area contributed by atoms with Crippen LogP contribution in [-0.2, 0) is 15.8 Å². The van der Waals surface area contributed by atoms with Crippen LogP contribution in [0.3, 0.4) is 0 Å². The maximum Gasteiger partial charge on any atom is 0.218 e. The molecule has 0 atom stereocenters. The van der Waals surface area contributed by atoms with Crippen molar-refractivity contribution >= 4 is 26.0 Å². The summed E-state index contributed by atoms with van der Waals surface area (Å²) in [6, 6.07) is 7.38. The lowest BCUT2D eigenvalue weighted by molar-refractivity contribution is 0.358. The highest BCUT2D eigenvalue weighted by Gasteiger charge is 2.18. The fourth-order valence-corrected chi connectivity index (χ4v) is 3.06. The van der Waals surface area contributed by atoms with Gasteiger partial charge in [0.1, 0.15) is 0 Å². The molecule has 4 nitrogen and oxygen atoms in total. The van der Waals surface area contributed by atoms with Crippen LogP contribution in [0.25, 0.3) is 0 Å². The van der Waals surface area contributed by atoms with E-state index >= 15 is 0 Å². The van der Waals surface area contributed by atoms with Gasteiger partial charge in [-0.1, -0.05) is 28.1 Å². The van der Waals surface area contributed by atoms with Crippen molar-refractivity contribution in [2.75, 3.05) is 34.2 Å². The molecule has 0 aliphatic rings. The van der Waals surface area contributed by atoms with Gasteiger partial charge in [-0.05, 0) is 31.8 Å².